The summed E-state index contributed by atoms with van der Waals surface area (Å²) >= 11 is 0. The van der Waals surface area contributed by atoms with Gasteiger partial charge in [-0.3, -0.25) is 4.79 Å². The maximum atomic E-state index is 12.3. The maximum absolute atomic E-state index is 12.3. The lowest BCUT2D eigenvalue weighted by Crippen LogP contribution is -2.48. The van der Waals surface area contributed by atoms with E-state index < -0.39 is 0 Å². The Labute approximate surface area is 121 Å². The summed E-state index contributed by atoms with van der Waals surface area (Å²) in [5.74, 6) is 0.144. The first kappa shape index (κ1) is 15.1. The molecule has 1 aliphatic carbocycles. The number of hydrogen-bond acceptors (Lipinski definition) is 2. The Morgan fingerprint density at radius 1 is 1.30 bits per heavy atom. The molecule has 5 nitrogen and oxygen atoms in total. The van der Waals surface area contributed by atoms with Crippen LogP contribution < -0.4 is 5.32 Å². The van der Waals surface area contributed by atoms with Crippen molar-refractivity contribution >= 4 is 11.9 Å². The molecule has 2 rings (SSSR count). The van der Waals surface area contributed by atoms with E-state index in [0.717, 1.165) is 12.8 Å². The highest BCUT2D eigenvalue weighted by Crippen LogP contribution is 2.22. The average molecular weight is 281 g/mol. The molecule has 1 saturated carbocycles. The Balaban J connectivity index is 1.84. The molecule has 1 atom stereocenters. The van der Waals surface area contributed by atoms with Crippen LogP contribution in [0.4, 0.5) is 4.79 Å². The number of hydrogen-bond donors (Lipinski definition) is 1. The van der Waals surface area contributed by atoms with E-state index in [9.17, 15) is 9.59 Å². The Morgan fingerprint density at radius 2 is 1.95 bits per heavy atom. The molecule has 1 unspecified atom stereocenters. The van der Waals surface area contributed by atoms with E-state index in [1.165, 1.54) is 19.3 Å². The van der Waals surface area contributed by atoms with Gasteiger partial charge in [-0.2, -0.15) is 0 Å². The number of urea groups is 1. The Bertz CT molecular complexity index is 364. The van der Waals surface area contributed by atoms with E-state index in [0.29, 0.717) is 19.0 Å². The topological polar surface area (TPSA) is 52.7 Å². The first-order valence-corrected chi connectivity index (χ1v) is 7.82. The van der Waals surface area contributed by atoms with Gasteiger partial charge in [0.2, 0.25) is 5.91 Å². The second-order valence-electron chi connectivity index (χ2n) is 6.39. The number of carbonyl (C=O) groups excluding carboxylic acids is 2. The third-order valence-corrected chi connectivity index (χ3v) is 4.55. The zero-order valence-electron chi connectivity index (χ0n) is 12.9. The van der Waals surface area contributed by atoms with Gasteiger partial charge in [0.25, 0.3) is 0 Å². The third-order valence-electron chi connectivity index (χ3n) is 4.55. The maximum Gasteiger partial charge on any atom is 0.317 e. The summed E-state index contributed by atoms with van der Waals surface area (Å²) < 4.78 is 0. The minimum atomic E-state index is -0.0385. The quantitative estimate of drug-likeness (QED) is 0.860. The first-order valence-electron chi connectivity index (χ1n) is 7.82. The van der Waals surface area contributed by atoms with Gasteiger partial charge in [0.1, 0.15) is 0 Å². The van der Waals surface area contributed by atoms with Gasteiger partial charge in [-0.25, -0.2) is 4.79 Å². The number of nitrogens with one attached hydrogen (secondary N) is 1. The molecule has 1 heterocycles. The highest BCUT2D eigenvalue weighted by atomic mass is 16.2. The van der Waals surface area contributed by atoms with Gasteiger partial charge in [0.05, 0.1) is 6.04 Å². The van der Waals surface area contributed by atoms with Crippen LogP contribution in [0.25, 0.3) is 0 Å². The molecule has 5 heteroatoms. The molecule has 0 aromatic rings. The summed E-state index contributed by atoms with van der Waals surface area (Å²) in [6, 6.07) is 0.506. The van der Waals surface area contributed by atoms with Crippen LogP contribution in [0.15, 0.2) is 0 Å². The first-order chi connectivity index (χ1) is 9.49. The monoisotopic (exact) mass is 281 g/mol. The van der Waals surface area contributed by atoms with Gasteiger partial charge < -0.3 is 15.1 Å². The lowest BCUT2D eigenvalue weighted by Gasteiger charge is -2.32. The van der Waals surface area contributed by atoms with E-state index in [2.05, 4.69) is 5.32 Å². The molecule has 114 valence electrons. The lowest BCUT2D eigenvalue weighted by molar-refractivity contribution is -0.129. The Morgan fingerprint density at radius 3 is 2.50 bits per heavy atom. The molecular weight excluding hydrogens is 254 g/mol. The smallest absolute Gasteiger partial charge is 0.317 e. The molecule has 2 fully saturated rings. The predicted molar refractivity (Wildman–Crippen MR) is 78.4 cm³/mol. The molecule has 0 bridgehead atoms. The number of carbonyl (C=O) groups is 2. The minimum absolute atomic E-state index is 0.0275. The molecule has 1 saturated heterocycles. The van der Waals surface area contributed by atoms with Crippen molar-refractivity contribution in [3.05, 3.63) is 0 Å². The van der Waals surface area contributed by atoms with Crippen molar-refractivity contribution in [1.82, 2.24) is 15.1 Å². The highest BCUT2D eigenvalue weighted by Gasteiger charge is 2.33. The fraction of sp³-hybridized carbons (Fsp3) is 0.867. The summed E-state index contributed by atoms with van der Waals surface area (Å²) in [6.07, 6.45) is 6.35. The van der Waals surface area contributed by atoms with E-state index in [1.54, 1.807) is 0 Å². The molecule has 0 aromatic heterocycles. The van der Waals surface area contributed by atoms with Crippen LogP contribution in [0.2, 0.25) is 0 Å². The van der Waals surface area contributed by atoms with Gasteiger partial charge in [-0.15, -0.1) is 0 Å². The van der Waals surface area contributed by atoms with Crippen molar-refractivity contribution in [2.24, 2.45) is 0 Å². The van der Waals surface area contributed by atoms with Crippen molar-refractivity contribution in [2.45, 2.75) is 70.5 Å². The molecule has 0 aromatic carbocycles. The van der Waals surface area contributed by atoms with Crippen LogP contribution in [0.3, 0.4) is 0 Å². The van der Waals surface area contributed by atoms with Crippen molar-refractivity contribution < 1.29 is 9.59 Å². The Hall–Kier alpha value is -1.26. The average Bonchev–Trinajstić information content (AvgIpc) is 2.79. The van der Waals surface area contributed by atoms with Gasteiger partial charge in [-0.05, 0) is 26.7 Å². The normalized spacial score (nSPS) is 24.3. The summed E-state index contributed by atoms with van der Waals surface area (Å²) in [6.45, 7) is 4.66. The Kier molecular flexibility index (Phi) is 4.89. The van der Waals surface area contributed by atoms with Crippen molar-refractivity contribution in [2.75, 3.05) is 13.6 Å². The number of likely N-dealkylation sites (tertiary alicyclic amines) is 1. The molecule has 1 aliphatic heterocycles. The SMILES string of the molecule is CC(C)N1CC(NC(=O)N(C)C2CCCCC2)CC1=O. The molecule has 2 aliphatic rings. The van der Waals surface area contributed by atoms with Crippen LogP contribution >= 0.6 is 0 Å². The van der Waals surface area contributed by atoms with E-state index in [1.807, 2.05) is 30.7 Å². The van der Waals surface area contributed by atoms with E-state index >= 15 is 0 Å². The molecule has 1 N–H and O–H groups in total. The minimum Gasteiger partial charge on any atom is -0.338 e. The largest absolute Gasteiger partial charge is 0.338 e. The second kappa shape index (κ2) is 6.46. The van der Waals surface area contributed by atoms with Gasteiger partial charge in [0.15, 0.2) is 0 Å². The molecular formula is C15H27N3O2. The van der Waals surface area contributed by atoms with E-state index in [-0.39, 0.29) is 24.0 Å². The lowest BCUT2D eigenvalue weighted by atomic mass is 9.95. The molecule has 0 spiro atoms. The van der Waals surface area contributed by atoms with Crippen LogP contribution in [0.5, 0.6) is 0 Å². The third kappa shape index (κ3) is 3.44. The standard InChI is InChI=1S/C15H27N3O2/c1-11(2)18-10-12(9-14(18)19)16-15(20)17(3)13-7-5-4-6-8-13/h11-13H,4-10H2,1-3H3,(H,16,20). The molecule has 20 heavy (non-hydrogen) atoms. The summed E-state index contributed by atoms with van der Waals surface area (Å²) in [5.41, 5.74) is 0. The highest BCUT2D eigenvalue weighted by molar-refractivity contribution is 5.82. The molecule has 0 radical (unpaired) electrons. The fourth-order valence-electron chi connectivity index (χ4n) is 3.24. The van der Waals surface area contributed by atoms with Crippen molar-refractivity contribution in [3.63, 3.8) is 0 Å². The molecule has 3 amide bonds. The second-order valence-corrected chi connectivity index (χ2v) is 6.39. The van der Waals surface area contributed by atoms with E-state index in [4.69, 9.17) is 0 Å². The van der Waals surface area contributed by atoms with Gasteiger partial charge >= 0.3 is 6.03 Å². The number of rotatable bonds is 3. The summed E-state index contributed by atoms with van der Waals surface area (Å²) in [4.78, 5) is 27.8. The predicted octanol–water partition coefficient (Wildman–Crippen LogP) is 1.97. The van der Waals surface area contributed by atoms with Crippen molar-refractivity contribution in [3.8, 4) is 0 Å². The van der Waals surface area contributed by atoms with Crippen LogP contribution in [-0.4, -0.2) is 53.5 Å². The van der Waals surface area contributed by atoms with Crippen LogP contribution in [-0.2, 0) is 4.79 Å². The summed E-state index contributed by atoms with van der Waals surface area (Å²) in [5, 5.41) is 3.02. The number of amides is 3. The van der Waals surface area contributed by atoms with Crippen LogP contribution in [0.1, 0.15) is 52.4 Å². The zero-order valence-corrected chi connectivity index (χ0v) is 12.9. The summed E-state index contributed by atoms with van der Waals surface area (Å²) in [7, 11) is 1.88. The van der Waals surface area contributed by atoms with Crippen LogP contribution in [0, 0.1) is 0 Å². The van der Waals surface area contributed by atoms with Gasteiger partial charge in [0, 0.05) is 32.1 Å². The van der Waals surface area contributed by atoms with Crippen molar-refractivity contribution in [1.29, 1.82) is 0 Å². The fourth-order valence-corrected chi connectivity index (χ4v) is 3.24. The zero-order chi connectivity index (χ0) is 14.7. The van der Waals surface area contributed by atoms with Gasteiger partial charge in [-0.1, -0.05) is 19.3 Å². The number of nitrogens with zero attached hydrogens (tertiary/aromatic N) is 2.